The lowest BCUT2D eigenvalue weighted by Gasteiger charge is -2.10. The van der Waals surface area contributed by atoms with Crippen molar-refractivity contribution in [3.63, 3.8) is 0 Å². The number of H-pyrrole nitrogens is 1. The summed E-state index contributed by atoms with van der Waals surface area (Å²) in [6.07, 6.45) is 4.27. The maximum Gasteiger partial charge on any atom is 0.170 e. The van der Waals surface area contributed by atoms with Crippen molar-refractivity contribution in [2.45, 2.75) is 13.3 Å². The Bertz CT molecular complexity index is 578. The smallest absolute Gasteiger partial charge is 0.170 e. The molecule has 0 radical (unpaired) electrons. The second-order valence-electron chi connectivity index (χ2n) is 4.34. The molecule has 0 aliphatic heterocycles. The van der Waals surface area contributed by atoms with Crippen LogP contribution in [0.2, 0.25) is 0 Å². The van der Waals surface area contributed by atoms with Gasteiger partial charge in [0.25, 0.3) is 0 Å². The van der Waals surface area contributed by atoms with Crippen molar-refractivity contribution in [2.75, 3.05) is 11.9 Å². The molecule has 0 aliphatic rings. The van der Waals surface area contributed by atoms with Crippen LogP contribution in [0.1, 0.15) is 23.0 Å². The molecule has 0 saturated carbocycles. The topological polar surface area (TPSA) is 69.8 Å². The monoisotopic (exact) mass is 288 g/mol. The number of nitrogens with one attached hydrogen (secondary N) is 3. The van der Waals surface area contributed by atoms with Crippen molar-refractivity contribution in [2.24, 2.45) is 0 Å². The van der Waals surface area contributed by atoms with Crippen LogP contribution < -0.4 is 10.6 Å². The molecule has 0 bridgehead atoms. The third kappa shape index (κ3) is 4.17. The standard InChI is InChI=1S/C14H16N4OS/c1-10(19)11-2-4-12(5-3-11)18-14(20)16-7-6-13-8-15-9-17-13/h2-5,8-9H,6-7H2,1H3,(H,15,17)(H2,16,18,20). The zero-order chi connectivity index (χ0) is 14.4. The van der Waals surface area contributed by atoms with Gasteiger partial charge in [-0.25, -0.2) is 4.98 Å². The van der Waals surface area contributed by atoms with Crippen molar-refractivity contribution in [1.29, 1.82) is 0 Å². The highest BCUT2D eigenvalue weighted by Gasteiger charge is 2.01. The van der Waals surface area contributed by atoms with E-state index in [4.69, 9.17) is 12.2 Å². The number of rotatable bonds is 5. The summed E-state index contributed by atoms with van der Waals surface area (Å²) >= 11 is 5.20. The number of Topliss-reactive ketones (excluding diaryl/α,β-unsaturated/α-hetero) is 1. The van der Waals surface area contributed by atoms with Crippen LogP contribution in [0, 0.1) is 0 Å². The lowest BCUT2D eigenvalue weighted by Crippen LogP contribution is -2.30. The Morgan fingerprint density at radius 2 is 2.10 bits per heavy atom. The van der Waals surface area contributed by atoms with E-state index in [0.29, 0.717) is 10.7 Å². The Morgan fingerprint density at radius 1 is 1.35 bits per heavy atom. The number of hydrogen-bond acceptors (Lipinski definition) is 3. The number of hydrogen-bond donors (Lipinski definition) is 3. The summed E-state index contributed by atoms with van der Waals surface area (Å²) in [6, 6.07) is 7.22. The van der Waals surface area contributed by atoms with E-state index in [0.717, 1.165) is 24.3 Å². The number of carbonyl (C=O) groups is 1. The molecule has 1 aromatic carbocycles. The van der Waals surface area contributed by atoms with Gasteiger partial charge >= 0.3 is 0 Å². The fourth-order valence-corrected chi connectivity index (χ4v) is 1.92. The molecule has 104 valence electrons. The van der Waals surface area contributed by atoms with Crippen molar-refractivity contribution in [1.82, 2.24) is 15.3 Å². The van der Waals surface area contributed by atoms with Crippen LogP contribution in [0.5, 0.6) is 0 Å². The van der Waals surface area contributed by atoms with Crippen LogP contribution in [0.3, 0.4) is 0 Å². The number of carbonyl (C=O) groups excluding carboxylic acids is 1. The van der Waals surface area contributed by atoms with Crippen molar-refractivity contribution < 1.29 is 4.79 Å². The molecule has 5 nitrogen and oxygen atoms in total. The van der Waals surface area contributed by atoms with Crippen LogP contribution >= 0.6 is 12.2 Å². The Labute approximate surface area is 122 Å². The summed E-state index contributed by atoms with van der Waals surface area (Å²) in [5.74, 6) is 0.0526. The lowest BCUT2D eigenvalue weighted by molar-refractivity contribution is 0.101. The van der Waals surface area contributed by atoms with E-state index in [-0.39, 0.29) is 5.78 Å². The summed E-state index contributed by atoms with van der Waals surface area (Å²) in [6.45, 7) is 2.27. The first-order valence-electron chi connectivity index (χ1n) is 6.28. The van der Waals surface area contributed by atoms with E-state index in [1.54, 1.807) is 31.6 Å². The molecule has 3 N–H and O–H groups in total. The Morgan fingerprint density at radius 3 is 2.70 bits per heavy atom. The van der Waals surface area contributed by atoms with Gasteiger partial charge in [0, 0.05) is 36.1 Å². The Kier molecular flexibility index (Phi) is 4.84. The number of ketones is 1. The fourth-order valence-electron chi connectivity index (χ4n) is 1.70. The van der Waals surface area contributed by atoms with Gasteiger partial charge < -0.3 is 15.6 Å². The molecule has 2 rings (SSSR count). The Hall–Kier alpha value is -2.21. The van der Waals surface area contributed by atoms with Gasteiger partial charge in [0.1, 0.15) is 0 Å². The van der Waals surface area contributed by atoms with Gasteiger partial charge in [0.05, 0.1) is 6.33 Å². The highest BCUT2D eigenvalue weighted by atomic mass is 32.1. The normalized spacial score (nSPS) is 10.1. The second-order valence-corrected chi connectivity index (χ2v) is 4.75. The van der Waals surface area contributed by atoms with E-state index in [9.17, 15) is 4.79 Å². The molecule has 0 spiro atoms. The third-order valence-electron chi connectivity index (χ3n) is 2.78. The van der Waals surface area contributed by atoms with Crippen LogP contribution in [-0.2, 0) is 6.42 Å². The molecule has 0 saturated heterocycles. The number of nitrogens with zero attached hydrogens (tertiary/aromatic N) is 1. The number of aromatic nitrogens is 2. The molecule has 0 atom stereocenters. The molecule has 6 heteroatoms. The van der Waals surface area contributed by atoms with Crippen LogP contribution in [0.25, 0.3) is 0 Å². The van der Waals surface area contributed by atoms with Gasteiger partial charge in [-0.3, -0.25) is 4.79 Å². The van der Waals surface area contributed by atoms with E-state index in [1.807, 2.05) is 12.1 Å². The maximum absolute atomic E-state index is 11.2. The minimum Gasteiger partial charge on any atom is -0.362 e. The number of thiocarbonyl (C=S) groups is 1. The van der Waals surface area contributed by atoms with Crippen LogP contribution in [0.15, 0.2) is 36.8 Å². The van der Waals surface area contributed by atoms with Crippen LogP contribution in [-0.4, -0.2) is 27.4 Å². The molecule has 0 unspecified atom stereocenters. The number of benzene rings is 1. The quantitative estimate of drug-likeness (QED) is 0.581. The fraction of sp³-hybridized carbons (Fsp3) is 0.214. The van der Waals surface area contributed by atoms with Crippen molar-refractivity contribution >= 4 is 28.8 Å². The summed E-state index contributed by atoms with van der Waals surface area (Å²) < 4.78 is 0. The van der Waals surface area contributed by atoms with E-state index >= 15 is 0 Å². The van der Waals surface area contributed by atoms with Gasteiger partial charge in [-0.1, -0.05) is 0 Å². The van der Waals surface area contributed by atoms with E-state index < -0.39 is 0 Å². The highest BCUT2D eigenvalue weighted by Crippen LogP contribution is 2.09. The zero-order valence-electron chi connectivity index (χ0n) is 11.1. The number of imidazole rings is 1. The van der Waals surface area contributed by atoms with Crippen molar-refractivity contribution in [3.05, 3.63) is 48.0 Å². The third-order valence-corrected chi connectivity index (χ3v) is 3.03. The molecule has 1 aromatic heterocycles. The summed E-state index contributed by atoms with van der Waals surface area (Å²) in [4.78, 5) is 18.1. The molecular weight excluding hydrogens is 272 g/mol. The molecular formula is C14H16N4OS. The SMILES string of the molecule is CC(=O)c1ccc(NC(=S)NCCc2cnc[nH]2)cc1. The van der Waals surface area contributed by atoms with E-state index in [1.165, 1.54) is 0 Å². The largest absolute Gasteiger partial charge is 0.362 e. The van der Waals surface area contributed by atoms with Crippen molar-refractivity contribution in [3.8, 4) is 0 Å². The molecule has 2 aromatic rings. The summed E-state index contributed by atoms with van der Waals surface area (Å²) in [5.41, 5.74) is 2.61. The Balaban J connectivity index is 1.77. The highest BCUT2D eigenvalue weighted by molar-refractivity contribution is 7.80. The van der Waals surface area contributed by atoms with E-state index in [2.05, 4.69) is 20.6 Å². The average molecular weight is 288 g/mol. The summed E-state index contributed by atoms with van der Waals surface area (Å²) in [5, 5.41) is 6.74. The average Bonchev–Trinajstić information content (AvgIpc) is 2.92. The molecule has 0 amide bonds. The predicted molar refractivity (Wildman–Crippen MR) is 83.0 cm³/mol. The molecule has 20 heavy (non-hydrogen) atoms. The molecule has 1 heterocycles. The molecule has 0 fully saturated rings. The predicted octanol–water partition coefficient (Wildman–Crippen LogP) is 2.14. The van der Waals surface area contributed by atoms with Crippen LogP contribution in [0.4, 0.5) is 5.69 Å². The second kappa shape index (κ2) is 6.81. The van der Waals surface area contributed by atoms with Gasteiger partial charge in [-0.15, -0.1) is 0 Å². The van der Waals surface area contributed by atoms with Gasteiger partial charge in [-0.05, 0) is 43.4 Å². The zero-order valence-corrected chi connectivity index (χ0v) is 12.0. The first-order valence-corrected chi connectivity index (χ1v) is 6.69. The number of anilines is 1. The lowest BCUT2D eigenvalue weighted by atomic mass is 10.1. The summed E-state index contributed by atoms with van der Waals surface area (Å²) in [7, 11) is 0. The first kappa shape index (κ1) is 14.2. The van der Waals surface area contributed by atoms with Gasteiger partial charge in [-0.2, -0.15) is 0 Å². The minimum atomic E-state index is 0.0526. The van der Waals surface area contributed by atoms with Gasteiger partial charge in [0.2, 0.25) is 0 Å². The maximum atomic E-state index is 11.2. The number of aromatic amines is 1. The molecule has 0 aliphatic carbocycles. The first-order chi connectivity index (χ1) is 9.65. The van der Waals surface area contributed by atoms with Gasteiger partial charge in [0.15, 0.2) is 10.9 Å². The minimum absolute atomic E-state index is 0.0526.